The van der Waals surface area contributed by atoms with Crippen molar-refractivity contribution < 1.29 is 0 Å². The molecule has 19 heavy (non-hydrogen) atoms. The van der Waals surface area contributed by atoms with E-state index >= 15 is 0 Å². The monoisotopic (exact) mass is 278 g/mol. The zero-order valence-electron chi connectivity index (χ0n) is 11.6. The lowest BCUT2D eigenvalue weighted by Crippen LogP contribution is -2.34. The molecule has 5 heteroatoms. The molecule has 0 aliphatic carbocycles. The van der Waals surface area contributed by atoms with Crippen LogP contribution in [0.5, 0.6) is 0 Å². The maximum absolute atomic E-state index is 5.15. The number of aromatic nitrogens is 1. The molecule has 0 saturated carbocycles. The molecule has 1 aliphatic rings. The number of pyridine rings is 1. The second kappa shape index (κ2) is 6.70. The van der Waals surface area contributed by atoms with E-state index in [2.05, 4.69) is 33.5 Å². The summed E-state index contributed by atoms with van der Waals surface area (Å²) in [6.07, 6.45) is 4.43. The molecule has 0 radical (unpaired) electrons. The highest BCUT2D eigenvalue weighted by molar-refractivity contribution is 7.80. The Bertz CT molecular complexity index is 418. The number of piperidine rings is 1. The van der Waals surface area contributed by atoms with E-state index in [1.807, 2.05) is 19.2 Å². The van der Waals surface area contributed by atoms with Gasteiger partial charge in [-0.25, -0.2) is 4.98 Å². The van der Waals surface area contributed by atoms with E-state index in [-0.39, 0.29) is 0 Å². The Labute approximate surface area is 120 Å². The fourth-order valence-corrected chi connectivity index (χ4v) is 2.64. The van der Waals surface area contributed by atoms with E-state index < -0.39 is 0 Å². The summed E-state index contributed by atoms with van der Waals surface area (Å²) in [6, 6.07) is 4.10. The van der Waals surface area contributed by atoms with Gasteiger partial charge in [0.1, 0.15) is 5.82 Å². The minimum Gasteiger partial charge on any atom is -0.363 e. The van der Waals surface area contributed by atoms with Gasteiger partial charge in [0.05, 0.1) is 11.9 Å². The molecular weight excluding hydrogens is 256 g/mol. The Morgan fingerprint density at radius 1 is 1.53 bits per heavy atom. The van der Waals surface area contributed by atoms with Gasteiger partial charge in [-0.15, -0.1) is 0 Å². The van der Waals surface area contributed by atoms with Crippen LogP contribution in [0.1, 0.15) is 26.7 Å². The Kier molecular flexibility index (Phi) is 4.96. The van der Waals surface area contributed by atoms with Crippen LogP contribution in [0.25, 0.3) is 0 Å². The van der Waals surface area contributed by atoms with Gasteiger partial charge >= 0.3 is 0 Å². The predicted octanol–water partition coefficient (Wildman–Crippen LogP) is 2.62. The van der Waals surface area contributed by atoms with Crippen molar-refractivity contribution in [3.8, 4) is 0 Å². The largest absolute Gasteiger partial charge is 0.363 e. The number of nitrogens with zero attached hydrogens (tertiary/aromatic N) is 2. The number of nitrogens with one attached hydrogen (secondary N) is 2. The number of hydrogen-bond donors (Lipinski definition) is 2. The summed E-state index contributed by atoms with van der Waals surface area (Å²) in [7, 11) is 0. The standard InChI is InChI=1S/C14H22N4S/c1-3-15-14(19)17-12-6-7-13(16-9-12)18-8-4-5-11(2)10-18/h6-7,9,11H,3-5,8,10H2,1-2H3,(H2,15,17,19)/t11-/m0/s1. The summed E-state index contributed by atoms with van der Waals surface area (Å²) in [5, 5.41) is 6.82. The van der Waals surface area contributed by atoms with Crippen molar-refractivity contribution in [3.05, 3.63) is 18.3 Å². The first-order valence-electron chi connectivity index (χ1n) is 6.95. The molecule has 1 fully saturated rings. The van der Waals surface area contributed by atoms with E-state index in [4.69, 9.17) is 12.2 Å². The molecule has 104 valence electrons. The molecule has 0 unspecified atom stereocenters. The second-order valence-electron chi connectivity index (χ2n) is 5.08. The summed E-state index contributed by atoms with van der Waals surface area (Å²) in [4.78, 5) is 6.89. The van der Waals surface area contributed by atoms with Crippen molar-refractivity contribution in [2.75, 3.05) is 29.9 Å². The fourth-order valence-electron chi connectivity index (χ4n) is 2.38. The molecule has 2 N–H and O–H groups in total. The van der Waals surface area contributed by atoms with E-state index in [0.29, 0.717) is 5.11 Å². The van der Waals surface area contributed by atoms with E-state index in [1.54, 1.807) is 0 Å². The summed E-state index contributed by atoms with van der Waals surface area (Å²) in [6.45, 7) is 7.36. The van der Waals surface area contributed by atoms with Crippen molar-refractivity contribution >= 4 is 28.8 Å². The van der Waals surface area contributed by atoms with E-state index in [1.165, 1.54) is 12.8 Å². The van der Waals surface area contributed by atoms with Crippen LogP contribution in [0.4, 0.5) is 11.5 Å². The zero-order chi connectivity index (χ0) is 13.7. The summed E-state index contributed by atoms with van der Waals surface area (Å²) >= 11 is 5.15. The molecule has 1 aromatic rings. The van der Waals surface area contributed by atoms with Gasteiger partial charge in [0.25, 0.3) is 0 Å². The Morgan fingerprint density at radius 3 is 3.00 bits per heavy atom. The summed E-state index contributed by atoms with van der Waals surface area (Å²) in [5.41, 5.74) is 0.930. The average Bonchev–Trinajstić information content (AvgIpc) is 2.40. The maximum atomic E-state index is 5.15. The van der Waals surface area contributed by atoms with Gasteiger partial charge in [-0.3, -0.25) is 0 Å². The van der Waals surface area contributed by atoms with Crippen LogP contribution in [0.2, 0.25) is 0 Å². The molecular formula is C14H22N4S. The van der Waals surface area contributed by atoms with Gasteiger partial charge in [-0.1, -0.05) is 6.92 Å². The van der Waals surface area contributed by atoms with Crippen LogP contribution < -0.4 is 15.5 Å². The SMILES string of the molecule is CCNC(=S)Nc1ccc(N2CCC[C@H](C)C2)nc1. The highest BCUT2D eigenvalue weighted by Crippen LogP contribution is 2.21. The molecule has 0 bridgehead atoms. The molecule has 0 amide bonds. The zero-order valence-corrected chi connectivity index (χ0v) is 12.5. The van der Waals surface area contributed by atoms with Crippen LogP contribution in [0.15, 0.2) is 18.3 Å². The van der Waals surface area contributed by atoms with Crippen molar-refractivity contribution in [2.24, 2.45) is 5.92 Å². The lowest BCUT2D eigenvalue weighted by atomic mass is 10.0. The first-order valence-corrected chi connectivity index (χ1v) is 7.35. The third-order valence-electron chi connectivity index (χ3n) is 3.32. The Balaban J connectivity index is 1.96. The lowest BCUT2D eigenvalue weighted by molar-refractivity contribution is 0.444. The number of anilines is 2. The molecule has 0 aromatic carbocycles. The lowest BCUT2D eigenvalue weighted by Gasteiger charge is -2.31. The molecule has 4 nitrogen and oxygen atoms in total. The van der Waals surface area contributed by atoms with Gasteiger partial charge in [-0.2, -0.15) is 0 Å². The van der Waals surface area contributed by atoms with Crippen molar-refractivity contribution in [2.45, 2.75) is 26.7 Å². The van der Waals surface area contributed by atoms with Crippen LogP contribution in [0.3, 0.4) is 0 Å². The normalized spacial score (nSPS) is 19.1. The van der Waals surface area contributed by atoms with Crippen molar-refractivity contribution in [1.82, 2.24) is 10.3 Å². The first kappa shape index (κ1) is 14.1. The van der Waals surface area contributed by atoms with Crippen LogP contribution in [-0.2, 0) is 0 Å². The topological polar surface area (TPSA) is 40.2 Å². The number of thiocarbonyl (C=S) groups is 1. The summed E-state index contributed by atoms with van der Waals surface area (Å²) < 4.78 is 0. The second-order valence-corrected chi connectivity index (χ2v) is 5.49. The van der Waals surface area contributed by atoms with Gasteiger partial charge in [0.15, 0.2) is 5.11 Å². The molecule has 1 atom stereocenters. The predicted molar refractivity (Wildman–Crippen MR) is 84.7 cm³/mol. The molecule has 1 saturated heterocycles. The average molecular weight is 278 g/mol. The number of rotatable bonds is 3. The highest BCUT2D eigenvalue weighted by Gasteiger charge is 2.17. The van der Waals surface area contributed by atoms with Crippen LogP contribution in [-0.4, -0.2) is 29.7 Å². The molecule has 1 aliphatic heterocycles. The third-order valence-corrected chi connectivity index (χ3v) is 3.57. The van der Waals surface area contributed by atoms with Crippen molar-refractivity contribution in [1.29, 1.82) is 0 Å². The van der Waals surface area contributed by atoms with Gasteiger partial charge < -0.3 is 15.5 Å². The van der Waals surface area contributed by atoms with Crippen LogP contribution >= 0.6 is 12.2 Å². The molecule has 1 aromatic heterocycles. The van der Waals surface area contributed by atoms with E-state index in [0.717, 1.165) is 37.1 Å². The van der Waals surface area contributed by atoms with E-state index in [9.17, 15) is 0 Å². The van der Waals surface area contributed by atoms with Crippen LogP contribution in [0, 0.1) is 5.92 Å². The Morgan fingerprint density at radius 2 is 2.37 bits per heavy atom. The Hall–Kier alpha value is -1.36. The number of hydrogen-bond acceptors (Lipinski definition) is 3. The minimum atomic E-state index is 0.642. The van der Waals surface area contributed by atoms with Crippen molar-refractivity contribution in [3.63, 3.8) is 0 Å². The fraction of sp³-hybridized carbons (Fsp3) is 0.571. The quantitative estimate of drug-likeness (QED) is 0.832. The smallest absolute Gasteiger partial charge is 0.170 e. The first-order chi connectivity index (χ1) is 9.19. The summed E-state index contributed by atoms with van der Waals surface area (Å²) in [5.74, 6) is 1.82. The van der Waals surface area contributed by atoms with Gasteiger partial charge in [0.2, 0.25) is 0 Å². The van der Waals surface area contributed by atoms with Gasteiger partial charge in [-0.05, 0) is 50.0 Å². The maximum Gasteiger partial charge on any atom is 0.170 e. The highest BCUT2D eigenvalue weighted by atomic mass is 32.1. The van der Waals surface area contributed by atoms with Gasteiger partial charge in [0, 0.05) is 19.6 Å². The molecule has 2 heterocycles. The molecule has 2 rings (SSSR count). The molecule has 0 spiro atoms. The third kappa shape index (κ3) is 4.06. The minimum absolute atomic E-state index is 0.642.